The van der Waals surface area contributed by atoms with Crippen LogP contribution in [-0.2, 0) is 6.18 Å². The average Bonchev–Trinajstić information content (AvgIpc) is 2.78. The van der Waals surface area contributed by atoms with E-state index in [0.717, 1.165) is 17.9 Å². The van der Waals surface area contributed by atoms with E-state index in [0.29, 0.717) is 17.4 Å². The highest BCUT2D eigenvalue weighted by atomic mass is 32.2. The number of thioether (sulfide) groups is 1. The van der Waals surface area contributed by atoms with Crippen molar-refractivity contribution in [3.63, 3.8) is 0 Å². The fourth-order valence-electron chi connectivity index (χ4n) is 1.20. The predicted octanol–water partition coefficient (Wildman–Crippen LogP) is 3.89. The third-order valence-electron chi connectivity index (χ3n) is 2.02. The number of aliphatic imine (C=N–C) groups is 1. The first-order valence-electron chi connectivity index (χ1n) is 4.82. The van der Waals surface area contributed by atoms with Gasteiger partial charge in [-0.3, -0.25) is 4.99 Å². The van der Waals surface area contributed by atoms with E-state index in [-0.39, 0.29) is 0 Å². The van der Waals surface area contributed by atoms with E-state index in [2.05, 4.69) is 15.2 Å². The van der Waals surface area contributed by atoms with Gasteiger partial charge in [-0.2, -0.15) is 13.2 Å². The zero-order valence-corrected chi connectivity index (χ0v) is 9.42. The second-order valence-electron chi connectivity index (χ2n) is 3.26. The van der Waals surface area contributed by atoms with E-state index >= 15 is 0 Å². The zero-order valence-electron chi connectivity index (χ0n) is 8.61. The lowest BCUT2D eigenvalue weighted by Crippen LogP contribution is -2.03. The Kier molecular flexibility index (Phi) is 3.46. The summed E-state index contributed by atoms with van der Waals surface area (Å²) >= 11 is 1.48. The minimum Gasteiger partial charge on any atom is -0.258 e. The van der Waals surface area contributed by atoms with E-state index < -0.39 is 11.7 Å². The predicted molar refractivity (Wildman–Crippen MR) is 60.7 cm³/mol. The lowest BCUT2D eigenvalue weighted by atomic mass is 10.2. The van der Waals surface area contributed by atoms with Gasteiger partial charge in [0, 0.05) is 5.75 Å². The summed E-state index contributed by atoms with van der Waals surface area (Å²) in [5, 5.41) is 8.23. The molecule has 3 nitrogen and oxygen atoms in total. The van der Waals surface area contributed by atoms with Gasteiger partial charge in [0.2, 0.25) is 5.17 Å². The van der Waals surface area contributed by atoms with Crippen LogP contribution >= 0.6 is 11.8 Å². The zero-order chi connectivity index (χ0) is 12.3. The standard InChI is InChI=1S/C10H8F3N3S/c11-10(12,13)7-1-3-8(4-2-7)15-16-9-14-5-6-17-9/h1-4H,5-6H2. The number of rotatable bonds is 1. The summed E-state index contributed by atoms with van der Waals surface area (Å²) in [6.45, 7) is 0.714. The van der Waals surface area contributed by atoms with Crippen molar-refractivity contribution in [1.82, 2.24) is 0 Å². The van der Waals surface area contributed by atoms with Gasteiger partial charge >= 0.3 is 6.18 Å². The van der Waals surface area contributed by atoms with Gasteiger partial charge in [0.1, 0.15) is 0 Å². The lowest BCUT2D eigenvalue weighted by Gasteiger charge is -2.05. The van der Waals surface area contributed by atoms with Crippen LogP contribution in [0, 0.1) is 0 Å². The van der Waals surface area contributed by atoms with Gasteiger partial charge in [0.15, 0.2) is 0 Å². The molecule has 1 aromatic rings. The summed E-state index contributed by atoms with van der Waals surface area (Å²) in [5.41, 5.74) is -0.308. The summed E-state index contributed by atoms with van der Waals surface area (Å²) in [5.74, 6) is 0.876. The molecule has 7 heteroatoms. The van der Waals surface area contributed by atoms with Crippen LogP contribution in [0.3, 0.4) is 0 Å². The van der Waals surface area contributed by atoms with Crippen LogP contribution in [0.1, 0.15) is 5.56 Å². The Balaban J connectivity index is 2.08. The minimum absolute atomic E-state index is 0.383. The molecule has 0 aliphatic carbocycles. The largest absolute Gasteiger partial charge is 0.416 e. The Labute approximate surface area is 99.8 Å². The molecule has 1 aliphatic heterocycles. The van der Waals surface area contributed by atoms with E-state index in [1.807, 2.05) is 0 Å². The molecule has 0 saturated carbocycles. The van der Waals surface area contributed by atoms with E-state index in [1.54, 1.807) is 0 Å². The molecule has 1 aliphatic rings. The van der Waals surface area contributed by atoms with Gasteiger partial charge in [0.05, 0.1) is 17.8 Å². The first-order chi connectivity index (χ1) is 8.05. The Hall–Kier alpha value is -1.37. The molecule has 0 N–H and O–H groups in total. The molecule has 0 atom stereocenters. The minimum atomic E-state index is -4.32. The second-order valence-corrected chi connectivity index (χ2v) is 4.32. The molecule has 0 bridgehead atoms. The fraction of sp³-hybridized carbons (Fsp3) is 0.300. The van der Waals surface area contributed by atoms with Crippen molar-refractivity contribution >= 4 is 22.6 Å². The molecule has 17 heavy (non-hydrogen) atoms. The molecular weight excluding hydrogens is 251 g/mol. The van der Waals surface area contributed by atoms with Gasteiger partial charge in [-0.1, -0.05) is 11.8 Å². The van der Waals surface area contributed by atoms with E-state index in [9.17, 15) is 13.2 Å². The number of benzene rings is 1. The average molecular weight is 259 g/mol. The summed E-state index contributed by atoms with van der Waals surface area (Å²) in [6, 6.07) is 4.54. The van der Waals surface area contributed by atoms with Crippen molar-refractivity contribution in [2.45, 2.75) is 6.18 Å². The maximum Gasteiger partial charge on any atom is 0.416 e. The van der Waals surface area contributed by atoms with Crippen LogP contribution in [0.2, 0.25) is 0 Å². The highest BCUT2D eigenvalue weighted by Crippen LogP contribution is 2.30. The summed E-state index contributed by atoms with van der Waals surface area (Å²) < 4.78 is 36.8. The maximum atomic E-state index is 12.3. The molecule has 0 unspecified atom stereocenters. The molecular formula is C10H8F3N3S. The fourth-order valence-corrected chi connectivity index (χ4v) is 1.85. The third-order valence-corrected chi connectivity index (χ3v) is 2.87. The highest BCUT2D eigenvalue weighted by Gasteiger charge is 2.29. The molecule has 0 saturated heterocycles. The quantitative estimate of drug-likeness (QED) is 0.705. The third kappa shape index (κ3) is 3.29. The van der Waals surface area contributed by atoms with Crippen molar-refractivity contribution in [2.24, 2.45) is 15.2 Å². The molecule has 0 aromatic heterocycles. The molecule has 0 spiro atoms. The van der Waals surface area contributed by atoms with Crippen LogP contribution in [0.25, 0.3) is 0 Å². The highest BCUT2D eigenvalue weighted by molar-refractivity contribution is 8.14. The maximum absolute atomic E-state index is 12.3. The van der Waals surface area contributed by atoms with E-state index in [4.69, 9.17) is 0 Å². The van der Waals surface area contributed by atoms with Crippen LogP contribution in [0.4, 0.5) is 18.9 Å². The SMILES string of the molecule is FC(F)(F)c1ccc(N=NC2=NCCS2)cc1. The molecule has 1 heterocycles. The second kappa shape index (κ2) is 4.87. The number of hydrogen-bond donors (Lipinski definition) is 0. The summed E-state index contributed by atoms with van der Waals surface area (Å²) in [4.78, 5) is 4.05. The summed E-state index contributed by atoms with van der Waals surface area (Å²) in [7, 11) is 0. The number of nitrogens with zero attached hydrogens (tertiary/aromatic N) is 3. The van der Waals surface area contributed by atoms with Crippen molar-refractivity contribution in [1.29, 1.82) is 0 Å². The van der Waals surface area contributed by atoms with Crippen molar-refractivity contribution in [3.8, 4) is 0 Å². The summed E-state index contributed by atoms with van der Waals surface area (Å²) in [6.07, 6.45) is -4.32. The lowest BCUT2D eigenvalue weighted by molar-refractivity contribution is -0.137. The number of hydrogen-bond acceptors (Lipinski definition) is 4. The van der Waals surface area contributed by atoms with Crippen LogP contribution < -0.4 is 0 Å². The molecule has 0 radical (unpaired) electrons. The normalized spacial score (nSPS) is 16.5. The van der Waals surface area contributed by atoms with E-state index in [1.165, 1.54) is 23.9 Å². The Morgan fingerprint density at radius 3 is 2.35 bits per heavy atom. The van der Waals surface area contributed by atoms with Gasteiger partial charge in [0.25, 0.3) is 0 Å². The van der Waals surface area contributed by atoms with Gasteiger partial charge in [-0.05, 0) is 24.3 Å². The molecule has 1 aromatic carbocycles. The van der Waals surface area contributed by atoms with Gasteiger partial charge < -0.3 is 0 Å². The van der Waals surface area contributed by atoms with Gasteiger partial charge in [-0.15, -0.1) is 10.2 Å². The van der Waals surface area contributed by atoms with Crippen molar-refractivity contribution in [3.05, 3.63) is 29.8 Å². The topological polar surface area (TPSA) is 37.1 Å². The molecule has 90 valence electrons. The van der Waals surface area contributed by atoms with Crippen molar-refractivity contribution in [2.75, 3.05) is 12.3 Å². The smallest absolute Gasteiger partial charge is 0.258 e. The first-order valence-corrected chi connectivity index (χ1v) is 5.80. The first kappa shape index (κ1) is 12.1. The Morgan fingerprint density at radius 1 is 1.12 bits per heavy atom. The van der Waals surface area contributed by atoms with Crippen LogP contribution in [0.5, 0.6) is 0 Å². The van der Waals surface area contributed by atoms with Crippen LogP contribution in [0.15, 0.2) is 39.5 Å². The molecule has 0 fully saturated rings. The molecule has 0 amide bonds. The van der Waals surface area contributed by atoms with Gasteiger partial charge in [-0.25, -0.2) is 0 Å². The number of halogens is 3. The number of azo groups is 1. The Bertz CT molecular complexity index is 451. The molecule has 2 rings (SSSR count). The van der Waals surface area contributed by atoms with Crippen LogP contribution in [-0.4, -0.2) is 17.5 Å². The van der Waals surface area contributed by atoms with Crippen molar-refractivity contribution < 1.29 is 13.2 Å². The monoisotopic (exact) mass is 259 g/mol. The number of alkyl halides is 3. The number of amidine groups is 1. The Morgan fingerprint density at radius 2 is 1.82 bits per heavy atom.